The molecular weight excluding hydrogens is 232 g/mol. The molecule has 1 rings (SSSR count). The standard InChI is InChI=1S/C12H22N4O2/c1-4-6-12(8-13,11(17)18-5-2)7-10-14-9-15-16(10)3/h9H,4-8,13H2,1-3H3. The zero-order valence-corrected chi connectivity index (χ0v) is 11.3. The van der Waals surface area contributed by atoms with Crippen molar-refractivity contribution in [1.82, 2.24) is 14.8 Å². The summed E-state index contributed by atoms with van der Waals surface area (Å²) < 4.78 is 6.83. The van der Waals surface area contributed by atoms with E-state index in [0.717, 1.165) is 12.2 Å². The van der Waals surface area contributed by atoms with Crippen LogP contribution in [0.25, 0.3) is 0 Å². The van der Waals surface area contributed by atoms with E-state index in [-0.39, 0.29) is 12.5 Å². The number of carbonyl (C=O) groups excluding carboxylic acids is 1. The Morgan fingerprint density at radius 3 is 2.72 bits per heavy atom. The van der Waals surface area contributed by atoms with Gasteiger partial charge in [0, 0.05) is 20.0 Å². The maximum atomic E-state index is 12.2. The molecule has 1 aromatic heterocycles. The number of hydrogen-bond acceptors (Lipinski definition) is 5. The molecule has 0 aliphatic carbocycles. The zero-order valence-electron chi connectivity index (χ0n) is 11.3. The van der Waals surface area contributed by atoms with Crippen LogP contribution in [-0.4, -0.2) is 33.9 Å². The first-order valence-corrected chi connectivity index (χ1v) is 6.29. The molecule has 0 saturated heterocycles. The quantitative estimate of drug-likeness (QED) is 0.723. The van der Waals surface area contributed by atoms with Gasteiger partial charge in [0.15, 0.2) is 0 Å². The topological polar surface area (TPSA) is 83.0 Å². The second kappa shape index (κ2) is 6.49. The molecular formula is C12H22N4O2. The molecule has 2 N–H and O–H groups in total. The summed E-state index contributed by atoms with van der Waals surface area (Å²) in [6.45, 7) is 4.45. The molecule has 1 unspecified atom stereocenters. The van der Waals surface area contributed by atoms with Gasteiger partial charge >= 0.3 is 5.97 Å². The van der Waals surface area contributed by atoms with Crippen molar-refractivity contribution in [1.29, 1.82) is 0 Å². The van der Waals surface area contributed by atoms with Gasteiger partial charge in [-0.15, -0.1) is 0 Å². The molecule has 102 valence electrons. The molecule has 6 heteroatoms. The Labute approximate surface area is 108 Å². The van der Waals surface area contributed by atoms with Gasteiger partial charge < -0.3 is 10.5 Å². The third-order valence-corrected chi connectivity index (χ3v) is 3.13. The molecule has 1 aromatic rings. The maximum Gasteiger partial charge on any atom is 0.313 e. The third kappa shape index (κ3) is 3.07. The minimum Gasteiger partial charge on any atom is -0.466 e. The van der Waals surface area contributed by atoms with E-state index in [9.17, 15) is 4.79 Å². The number of nitrogens with zero attached hydrogens (tertiary/aromatic N) is 3. The third-order valence-electron chi connectivity index (χ3n) is 3.13. The second-order valence-electron chi connectivity index (χ2n) is 4.43. The highest BCUT2D eigenvalue weighted by atomic mass is 16.5. The fourth-order valence-electron chi connectivity index (χ4n) is 2.07. The van der Waals surface area contributed by atoms with Crippen LogP contribution in [-0.2, 0) is 23.0 Å². The summed E-state index contributed by atoms with van der Waals surface area (Å²) in [4.78, 5) is 16.3. The van der Waals surface area contributed by atoms with Crippen LogP contribution in [0, 0.1) is 5.41 Å². The molecule has 0 spiro atoms. The van der Waals surface area contributed by atoms with Gasteiger partial charge in [0.2, 0.25) is 0 Å². The average Bonchev–Trinajstić information content (AvgIpc) is 2.74. The molecule has 1 heterocycles. The van der Waals surface area contributed by atoms with Gasteiger partial charge in [0.05, 0.1) is 12.0 Å². The predicted molar refractivity (Wildman–Crippen MR) is 67.7 cm³/mol. The highest BCUT2D eigenvalue weighted by Gasteiger charge is 2.39. The highest BCUT2D eigenvalue weighted by Crippen LogP contribution is 2.28. The van der Waals surface area contributed by atoms with Crippen molar-refractivity contribution in [3.05, 3.63) is 12.2 Å². The van der Waals surface area contributed by atoms with E-state index >= 15 is 0 Å². The van der Waals surface area contributed by atoms with E-state index in [1.807, 2.05) is 6.92 Å². The van der Waals surface area contributed by atoms with E-state index in [2.05, 4.69) is 10.1 Å². The van der Waals surface area contributed by atoms with Gasteiger partial charge in [-0.1, -0.05) is 13.3 Å². The van der Waals surface area contributed by atoms with Crippen molar-refractivity contribution in [3.8, 4) is 0 Å². The lowest BCUT2D eigenvalue weighted by Gasteiger charge is -2.29. The van der Waals surface area contributed by atoms with Crippen LogP contribution in [0.4, 0.5) is 0 Å². The SMILES string of the molecule is CCCC(CN)(Cc1ncnn1C)C(=O)OCC. The van der Waals surface area contributed by atoms with Crippen LogP contribution >= 0.6 is 0 Å². The molecule has 0 radical (unpaired) electrons. The first-order valence-electron chi connectivity index (χ1n) is 6.29. The number of carbonyl (C=O) groups is 1. The summed E-state index contributed by atoms with van der Waals surface area (Å²) in [5.41, 5.74) is 5.14. The number of aromatic nitrogens is 3. The molecule has 0 aromatic carbocycles. The summed E-state index contributed by atoms with van der Waals surface area (Å²) >= 11 is 0. The largest absolute Gasteiger partial charge is 0.466 e. The first-order chi connectivity index (χ1) is 8.59. The summed E-state index contributed by atoms with van der Waals surface area (Å²) in [5.74, 6) is 0.513. The minimum absolute atomic E-state index is 0.239. The minimum atomic E-state index is -0.689. The monoisotopic (exact) mass is 254 g/mol. The van der Waals surface area contributed by atoms with Gasteiger partial charge in [-0.25, -0.2) is 4.98 Å². The Bertz CT molecular complexity index is 391. The Hall–Kier alpha value is -1.43. The molecule has 0 bridgehead atoms. The summed E-state index contributed by atoms with van der Waals surface area (Å²) in [6.07, 6.45) is 3.50. The summed E-state index contributed by atoms with van der Waals surface area (Å²) in [6, 6.07) is 0. The number of ether oxygens (including phenoxy) is 1. The van der Waals surface area contributed by atoms with Crippen LogP contribution < -0.4 is 5.73 Å². The van der Waals surface area contributed by atoms with Crippen molar-refractivity contribution in [2.75, 3.05) is 13.2 Å². The number of rotatable bonds is 7. The van der Waals surface area contributed by atoms with Gasteiger partial charge in [-0.3, -0.25) is 9.48 Å². The molecule has 0 saturated carbocycles. The number of esters is 1. The Balaban J connectivity index is 2.96. The lowest BCUT2D eigenvalue weighted by Crippen LogP contribution is -2.42. The fourth-order valence-corrected chi connectivity index (χ4v) is 2.07. The molecule has 0 amide bonds. The molecule has 6 nitrogen and oxygen atoms in total. The number of hydrogen-bond donors (Lipinski definition) is 1. The summed E-state index contributed by atoms with van der Waals surface area (Å²) in [5, 5.41) is 4.01. The van der Waals surface area contributed by atoms with Crippen LogP contribution in [0.2, 0.25) is 0 Å². The normalized spacial score (nSPS) is 14.2. The van der Waals surface area contributed by atoms with E-state index in [1.165, 1.54) is 6.33 Å². The maximum absolute atomic E-state index is 12.2. The highest BCUT2D eigenvalue weighted by molar-refractivity contribution is 5.77. The number of aryl methyl sites for hydroxylation is 1. The molecule has 0 aliphatic rings. The van der Waals surface area contributed by atoms with Crippen LogP contribution in [0.1, 0.15) is 32.5 Å². The van der Waals surface area contributed by atoms with Gasteiger partial charge in [0.1, 0.15) is 12.2 Å². The van der Waals surface area contributed by atoms with Crippen molar-refractivity contribution >= 4 is 5.97 Å². The second-order valence-corrected chi connectivity index (χ2v) is 4.43. The molecule has 0 fully saturated rings. The Morgan fingerprint density at radius 1 is 1.56 bits per heavy atom. The summed E-state index contributed by atoms with van der Waals surface area (Å²) in [7, 11) is 1.81. The Morgan fingerprint density at radius 2 is 2.28 bits per heavy atom. The van der Waals surface area contributed by atoms with Crippen molar-refractivity contribution in [2.45, 2.75) is 33.1 Å². The van der Waals surface area contributed by atoms with Crippen LogP contribution in [0.3, 0.4) is 0 Å². The number of nitrogens with two attached hydrogens (primary N) is 1. The molecule has 18 heavy (non-hydrogen) atoms. The fraction of sp³-hybridized carbons (Fsp3) is 0.750. The van der Waals surface area contributed by atoms with E-state index in [4.69, 9.17) is 10.5 Å². The average molecular weight is 254 g/mol. The zero-order chi connectivity index (χ0) is 13.6. The van der Waals surface area contributed by atoms with Crippen molar-refractivity contribution in [2.24, 2.45) is 18.2 Å². The van der Waals surface area contributed by atoms with Gasteiger partial charge in [-0.2, -0.15) is 5.10 Å². The lowest BCUT2D eigenvalue weighted by atomic mass is 9.80. The first kappa shape index (κ1) is 14.6. The van der Waals surface area contributed by atoms with Crippen molar-refractivity contribution < 1.29 is 9.53 Å². The van der Waals surface area contributed by atoms with Crippen molar-refractivity contribution in [3.63, 3.8) is 0 Å². The predicted octanol–water partition coefficient (Wildman–Crippen LogP) is 0.666. The lowest BCUT2D eigenvalue weighted by molar-refractivity contribution is -0.155. The Kier molecular flexibility index (Phi) is 5.27. The van der Waals surface area contributed by atoms with E-state index in [1.54, 1.807) is 18.7 Å². The van der Waals surface area contributed by atoms with E-state index < -0.39 is 5.41 Å². The van der Waals surface area contributed by atoms with Gasteiger partial charge in [-0.05, 0) is 13.3 Å². The smallest absolute Gasteiger partial charge is 0.313 e. The molecule has 1 atom stereocenters. The van der Waals surface area contributed by atoms with Crippen LogP contribution in [0.5, 0.6) is 0 Å². The van der Waals surface area contributed by atoms with Gasteiger partial charge in [0.25, 0.3) is 0 Å². The molecule has 0 aliphatic heterocycles. The van der Waals surface area contributed by atoms with Crippen LogP contribution in [0.15, 0.2) is 6.33 Å². The van der Waals surface area contributed by atoms with E-state index in [0.29, 0.717) is 19.4 Å².